The molecule has 2 heterocycles. The summed E-state index contributed by atoms with van der Waals surface area (Å²) in [4.78, 5) is 43.9. The minimum Gasteiger partial charge on any atom is -0.378 e. The lowest BCUT2D eigenvalue weighted by molar-refractivity contribution is -0.137. The van der Waals surface area contributed by atoms with Crippen molar-refractivity contribution in [3.05, 3.63) is 124 Å². The van der Waals surface area contributed by atoms with Gasteiger partial charge in [0.1, 0.15) is 0 Å². The minimum atomic E-state index is -4.70. The Kier molecular flexibility index (Phi) is 8.69. The maximum atomic E-state index is 14.0. The average molecular weight is 735 g/mol. The summed E-state index contributed by atoms with van der Waals surface area (Å²) < 4.78 is 75.3. The Morgan fingerprint density at radius 3 is 2.24 bits per heavy atom. The molecule has 0 aliphatic carbocycles. The number of anilines is 4. The van der Waals surface area contributed by atoms with Crippen molar-refractivity contribution in [2.45, 2.75) is 11.1 Å². The first-order chi connectivity index (χ1) is 24.3. The second kappa shape index (κ2) is 13.0. The zero-order valence-electron chi connectivity index (χ0n) is 26.3. The quantitative estimate of drug-likeness (QED) is 0.170. The van der Waals surface area contributed by atoms with Gasteiger partial charge in [-0.15, -0.1) is 0 Å². The SMILES string of the molecule is O=C(Nc1cc(S(=O)(=O)Nc2ccccc2Cl)ccc1N1CCOCC1)c1ccc2c3c(cccc13)C(=O)N(c1cccc(C(F)(F)F)c1)C2=O. The van der Waals surface area contributed by atoms with Gasteiger partial charge in [-0.25, -0.2) is 13.3 Å². The molecule has 0 atom stereocenters. The molecule has 10 nitrogen and oxygen atoms in total. The van der Waals surface area contributed by atoms with E-state index in [-0.39, 0.29) is 54.4 Å². The molecule has 15 heteroatoms. The Morgan fingerprint density at radius 1 is 0.804 bits per heavy atom. The van der Waals surface area contributed by atoms with Gasteiger partial charge in [0, 0.05) is 35.2 Å². The summed E-state index contributed by atoms with van der Waals surface area (Å²) in [5.74, 6) is -2.37. The van der Waals surface area contributed by atoms with Gasteiger partial charge in [0.15, 0.2) is 0 Å². The number of imide groups is 1. The average Bonchev–Trinajstić information content (AvgIpc) is 3.11. The first kappa shape index (κ1) is 34.0. The topological polar surface area (TPSA) is 125 Å². The highest BCUT2D eigenvalue weighted by Crippen LogP contribution is 2.38. The molecule has 2 aliphatic rings. The van der Waals surface area contributed by atoms with E-state index in [0.29, 0.717) is 36.9 Å². The van der Waals surface area contributed by atoms with E-state index in [1.807, 2.05) is 4.90 Å². The standard InChI is InChI=1S/C36H26ClF3N4O6S/c37-28-9-1-2-10-29(28)42-51(48,49)23-11-14-31(43-15-17-50-18-16-43)30(20-23)41-33(45)25-12-13-27-32-24(25)7-4-8-26(32)34(46)44(35(27)47)22-6-3-5-21(19-22)36(38,39)40/h1-14,19-20,42H,15-18H2,(H,41,45). The molecule has 51 heavy (non-hydrogen) atoms. The molecule has 0 bridgehead atoms. The number of morpholine rings is 1. The summed E-state index contributed by atoms with van der Waals surface area (Å²) >= 11 is 6.19. The lowest BCUT2D eigenvalue weighted by Crippen LogP contribution is -2.40. The Morgan fingerprint density at radius 2 is 1.51 bits per heavy atom. The molecular weight excluding hydrogens is 709 g/mol. The van der Waals surface area contributed by atoms with Crippen LogP contribution in [0.2, 0.25) is 5.02 Å². The summed E-state index contributed by atoms with van der Waals surface area (Å²) in [5.41, 5.74) is -0.298. The van der Waals surface area contributed by atoms with Gasteiger partial charge in [-0.1, -0.05) is 41.9 Å². The summed E-state index contributed by atoms with van der Waals surface area (Å²) in [6.45, 7) is 1.77. The smallest absolute Gasteiger partial charge is 0.378 e. The number of carbonyl (C=O) groups is 3. The molecule has 7 rings (SSSR count). The van der Waals surface area contributed by atoms with Crippen LogP contribution in [-0.4, -0.2) is 52.4 Å². The number of amides is 3. The fraction of sp³-hybridized carbons (Fsp3) is 0.139. The third-order valence-corrected chi connectivity index (χ3v) is 10.3. The summed E-state index contributed by atoms with van der Waals surface area (Å²) in [6, 6.07) is 21.8. The molecule has 0 radical (unpaired) electrons. The fourth-order valence-electron chi connectivity index (χ4n) is 6.15. The number of para-hydroxylation sites is 1. The monoisotopic (exact) mass is 734 g/mol. The third-order valence-electron chi connectivity index (χ3n) is 8.58. The molecular formula is C36H26ClF3N4O6S. The third kappa shape index (κ3) is 6.37. The zero-order chi connectivity index (χ0) is 36.1. The van der Waals surface area contributed by atoms with Gasteiger partial charge in [-0.3, -0.25) is 19.1 Å². The van der Waals surface area contributed by atoms with Crippen LogP contribution in [0.4, 0.5) is 35.9 Å². The lowest BCUT2D eigenvalue weighted by atomic mass is 9.90. The normalized spacial score (nSPS) is 14.9. The molecule has 0 saturated carbocycles. The number of ether oxygens (including phenoxy) is 1. The van der Waals surface area contributed by atoms with Crippen molar-refractivity contribution in [2.24, 2.45) is 0 Å². The first-order valence-electron chi connectivity index (χ1n) is 15.5. The van der Waals surface area contributed by atoms with Crippen LogP contribution in [0.25, 0.3) is 10.8 Å². The van der Waals surface area contributed by atoms with Crippen LogP contribution in [0.5, 0.6) is 0 Å². The van der Waals surface area contributed by atoms with Crippen molar-refractivity contribution in [1.82, 2.24) is 0 Å². The fourth-order valence-corrected chi connectivity index (χ4v) is 7.49. The Balaban J connectivity index is 1.26. The van der Waals surface area contributed by atoms with Crippen molar-refractivity contribution in [3.63, 3.8) is 0 Å². The Labute approximate surface area is 294 Å². The maximum absolute atomic E-state index is 14.0. The highest BCUT2D eigenvalue weighted by atomic mass is 35.5. The van der Waals surface area contributed by atoms with Gasteiger partial charge in [0.25, 0.3) is 27.7 Å². The molecule has 0 unspecified atom stereocenters. The number of nitrogens with zero attached hydrogens (tertiary/aromatic N) is 2. The van der Waals surface area contributed by atoms with Crippen molar-refractivity contribution >= 4 is 72.9 Å². The van der Waals surface area contributed by atoms with Gasteiger partial charge < -0.3 is 15.0 Å². The van der Waals surface area contributed by atoms with Crippen LogP contribution in [0, 0.1) is 0 Å². The van der Waals surface area contributed by atoms with E-state index in [0.717, 1.165) is 18.2 Å². The van der Waals surface area contributed by atoms with E-state index in [9.17, 15) is 36.0 Å². The van der Waals surface area contributed by atoms with E-state index >= 15 is 0 Å². The van der Waals surface area contributed by atoms with E-state index in [4.69, 9.17) is 16.3 Å². The number of alkyl halides is 3. The van der Waals surface area contributed by atoms with Crippen molar-refractivity contribution in [2.75, 3.05) is 46.1 Å². The highest BCUT2D eigenvalue weighted by Gasteiger charge is 2.37. The second-order valence-corrected chi connectivity index (χ2v) is 13.8. The lowest BCUT2D eigenvalue weighted by Gasteiger charge is -2.31. The number of halogens is 4. The van der Waals surface area contributed by atoms with Crippen LogP contribution in [0.1, 0.15) is 36.6 Å². The Hall–Kier alpha value is -5.44. The minimum absolute atomic E-state index is 0.0157. The number of carbonyl (C=O) groups excluding carboxylic acids is 3. The van der Waals surface area contributed by atoms with Crippen LogP contribution in [-0.2, 0) is 20.9 Å². The van der Waals surface area contributed by atoms with Gasteiger partial charge in [-0.05, 0) is 72.1 Å². The molecule has 1 saturated heterocycles. The van der Waals surface area contributed by atoms with E-state index in [2.05, 4.69) is 10.0 Å². The predicted octanol–water partition coefficient (Wildman–Crippen LogP) is 7.20. The van der Waals surface area contributed by atoms with Gasteiger partial charge >= 0.3 is 6.18 Å². The number of hydrogen-bond donors (Lipinski definition) is 2. The van der Waals surface area contributed by atoms with Gasteiger partial charge in [-0.2, -0.15) is 13.2 Å². The highest BCUT2D eigenvalue weighted by molar-refractivity contribution is 7.92. The number of rotatable bonds is 7. The predicted molar refractivity (Wildman–Crippen MR) is 186 cm³/mol. The van der Waals surface area contributed by atoms with Crippen molar-refractivity contribution < 1.29 is 40.7 Å². The summed E-state index contributed by atoms with van der Waals surface area (Å²) in [7, 11) is -4.17. The zero-order valence-corrected chi connectivity index (χ0v) is 27.9. The molecule has 5 aromatic carbocycles. The van der Waals surface area contributed by atoms with Gasteiger partial charge in [0.05, 0.1) is 51.4 Å². The van der Waals surface area contributed by atoms with Crippen LogP contribution >= 0.6 is 11.6 Å². The largest absolute Gasteiger partial charge is 0.416 e. The van der Waals surface area contributed by atoms with Crippen LogP contribution < -0.4 is 19.8 Å². The molecule has 2 N–H and O–H groups in total. The van der Waals surface area contributed by atoms with E-state index in [1.165, 1.54) is 54.6 Å². The van der Waals surface area contributed by atoms with Crippen molar-refractivity contribution in [3.8, 4) is 0 Å². The van der Waals surface area contributed by atoms with Crippen LogP contribution in [0.15, 0.2) is 102 Å². The first-order valence-corrected chi connectivity index (χ1v) is 17.4. The molecule has 0 spiro atoms. The Bertz CT molecular complexity index is 2340. The van der Waals surface area contributed by atoms with Crippen molar-refractivity contribution in [1.29, 1.82) is 0 Å². The number of sulfonamides is 1. The number of benzene rings is 5. The molecule has 2 aliphatic heterocycles. The number of nitrogens with one attached hydrogen (secondary N) is 2. The number of hydrogen-bond acceptors (Lipinski definition) is 7. The summed E-state index contributed by atoms with van der Waals surface area (Å²) in [6.07, 6.45) is -4.70. The summed E-state index contributed by atoms with van der Waals surface area (Å²) in [5, 5.41) is 3.43. The molecule has 3 amide bonds. The maximum Gasteiger partial charge on any atom is 0.416 e. The second-order valence-electron chi connectivity index (χ2n) is 11.7. The van der Waals surface area contributed by atoms with E-state index < -0.39 is 39.5 Å². The molecule has 260 valence electrons. The van der Waals surface area contributed by atoms with Crippen LogP contribution in [0.3, 0.4) is 0 Å². The van der Waals surface area contributed by atoms with Gasteiger partial charge in [0.2, 0.25) is 0 Å². The molecule has 5 aromatic rings. The van der Waals surface area contributed by atoms with E-state index in [1.54, 1.807) is 24.3 Å². The molecule has 0 aromatic heterocycles. The molecule has 1 fully saturated rings.